The fraction of sp³-hybridized carbons (Fsp3) is 0.556. The number of carbonyl (C=O) groups is 1. The number of aromatic nitrogens is 1. The van der Waals surface area contributed by atoms with Crippen LogP contribution in [0.2, 0.25) is 0 Å². The first-order chi connectivity index (χ1) is 11.0. The molecule has 1 aromatic rings. The molecule has 3 rings (SSSR count). The van der Waals surface area contributed by atoms with Crippen molar-refractivity contribution in [2.24, 2.45) is 15.6 Å². The Kier molecular flexibility index (Phi) is 3.93. The third kappa shape index (κ3) is 3.12. The lowest BCUT2D eigenvalue weighted by atomic mass is 9.71. The van der Waals surface area contributed by atoms with E-state index in [1.165, 1.54) is 0 Å². The van der Waals surface area contributed by atoms with E-state index in [2.05, 4.69) is 35.0 Å². The molecule has 0 aromatic carbocycles. The lowest BCUT2D eigenvalue weighted by molar-refractivity contribution is -0.152. The van der Waals surface area contributed by atoms with Gasteiger partial charge in [0.1, 0.15) is 0 Å². The largest absolute Gasteiger partial charge is 0.334 e. The average molecular weight is 310 g/mol. The number of hydrogen-bond donors (Lipinski definition) is 0. The van der Waals surface area contributed by atoms with Crippen molar-refractivity contribution in [1.29, 1.82) is 0 Å². The number of likely N-dealkylation sites (tertiary alicyclic amines) is 1. The van der Waals surface area contributed by atoms with Gasteiger partial charge in [0.2, 0.25) is 5.91 Å². The first-order valence-corrected chi connectivity index (χ1v) is 8.04. The second-order valence-corrected chi connectivity index (χ2v) is 7.08. The van der Waals surface area contributed by atoms with Gasteiger partial charge in [-0.1, -0.05) is 13.8 Å². The molecular weight excluding hydrogens is 288 g/mol. The molecule has 5 nitrogen and oxygen atoms in total. The van der Waals surface area contributed by atoms with Gasteiger partial charge in [-0.25, -0.2) is 0 Å². The monoisotopic (exact) mass is 310 g/mol. The van der Waals surface area contributed by atoms with Gasteiger partial charge >= 0.3 is 0 Å². The molecule has 120 valence electrons. The molecule has 2 aliphatic rings. The zero-order chi connectivity index (χ0) is 16.5. The zero-order valence-electron chi connectivity index (χ0n) is 13.7. The van der Waals surface area contributed by atoms with Gasteiger partial charge in [-0.15, -0.1) is 12.3 Å². The van der Waals surface area contributed by atoms with Crippen LogP contribution in [0, 0.1) is 17.8 Å². The van der Waals surface area contributed by atoms with Gasteiger partial charge in [0.25, 0.3) is 0 Å². The highest BCUT2D eigenvalue weighted by molar-refractivity contribution is 5.78. The van der Waals surface area contributed by atoms with Crippen molar-refractivity contribution in [2.45, 2.75) is 51.2 Å². The van der Waals surface area contributed by atoms with Gasteiger partial charge in [-0.05, 0) is 17.7 Å². The van der Waals surface area contributed by atoms with Crippen LogP contribution in [0.5, 0.6) is 0 Å². The van der Waals surface area contributed by atoms with Gasteiger partial charge in [0.15, 0.2) is 5.66 Å². The van der Waals surface area contributed by atoms with Gasteiger partial charge < -0.3 is 4.90 Å². The lowest BCUT2D eigenvalue weighted by Gasteiger charge is -2.54. The van der Waals surface area contributed by atoms with Gasteiger partial charge in [-0.3, -0.25) is 9.78 Å². The number of rotatable bonds is 6. The molecule has 5 heteroatoms. The molecule has 1 saturated heterocycles. The van der Waals surface area contributed by atoms with Crippen LogP contribution in [0.15, 0.2) is 34.8 Å². The van der Waals surface area contributed by atoms with E-state index in [1.54, 1.807) is 12.4 Å². The molecule has 1 fully saturated rings. The smallest absolute Gasteiger partial charge is 0.223 e. The summed E-state index contributed by atoms with van der Waals surface area (Å²) in [6, 6.07) is 4.10. The van der Waals surface area contributed by atoms with Crippen molar-refractivity contribution in [3.63, 3.8) is 0 Å². The van der Waals surface area contributed by atoms with Crippen LogP contribution in [0.25, 0.3) is 0 Å². The van der Waals surface area contributed by atoms with Crippen molar-refractivity contribution < 1.29 is 4.79 Å². The first-order valence-electron chi connectivity index (χ1n) is 8.04. The van der Waals surface area contributed by atoms with Gasteiger partial charge in [0.05, 0.1) is 6.04 Å². The Bertz CT molecular complexity index is 653. The molecule has 1 unspecified atom stereocenters. The molecular formula is C18H22N4O. The quantitative estimate of drug-likeness (QED) is 0.757. The van der Waals surface area contributed by atoms with Crippen LogP contribution in [0.1, 0.15) is 51.1 Å². The van der Waals surface area contributed by atoms with E-state index in [0.717, 1.165) is 18.5 Å². The maximum absolute atomic E-state index is 12.6. The molecule has 0 radical (unpaired) electrons. The number of hydrogen-bond acceptors (Lipinski definition) is 4. The van der Waals surface area contributed by atoms with E-state index >= 15 is 0 Å². The topological polar surface area (TPSA) is 57.9 Å². The molecule has 2 aliphatic heterocycles. The zero-order valence-corrected chi connectivity index (χ0v) is 13.7. The maximum Gasteiger partial charge on any atom is 0.223 e. The summed E-state index contributed by atoms with van der Waals surface area (Å²) in [5.41, 5.74) is 0.855. The Balaban J connectivity index is 1.61. The molecule has 3 heterocycles. The summed E-state index contributed by atoms with van der Waals surface area (Å²) in [5, 5.41) is 8.21. The third-order valence-corrected chi connectivity index (χ3v) is 4.76. The highest BCUT2D eigenvalue weighted by Crippen LogP contribution is 2.49. The normalized spacial score (nSPS) is 23.0. The maximum atomic E-state index is 12.6. The predicted molar refractivity (Wildman–Crippen MR) is 87.4 cm³/mol. The van der Waals surface area contributed by atoms with Crippen LogP contribution >= 0.6 is 0 Å². The second-order valence-electron chi connectivity index (χ2n) is 7.08. The average Bonchev–Trinajstić information content (AvgIpc) is 3.30. The number of pyridine rings is 1. The van der Waals surface area contributed by atoms with Gasteiger partial charge in [-0.2, -0.15) is 10.2 Å². The summed E-state index contributed by atoms with van der Waals surface area (Å²) in [6.07, 6.45) is 11.4. The Labute approximate surface area is 137 Å². The Morgan fingerprint density at radius 3 is 2.61 bits per heavy atom. The Hall–Kier alpha value is -2.22. The predicted octanol–water partition coefficient (Wildman–Crippen LogP) is 3.35. The molecule has 1 amide bonds. The van der Waals surface area contributed by atoms with Crippen molar-refractivity contribution in [3.8, 4) is 12.3 Å². The van der Waals surface area contributed by atoms with Crippen molar-refractivity contribution in [2.75, 3.05) is 6.54 Å². The van der Waals surface area contributed by atoms with Crippen LogP contribution < -0.4 is 0 Å². The summed E-state index contributed by atoms with van der Waals surface area (Å²) in [4.78, 5) is 18.7. The van der Waals surface area contributed by atoms with Crippen LogP contribution in [-0.2, 0) is 4.79 Å². The van der Waals surface area contributed by atoms with Crippen molar-refractivity contribution >= 4 is 5.91 Å². The molecule has 0 saturated carbocycles. The third-order valence-electron chi connectivity index (χ3n) is 4.76. The van der Waals surface area contributed by atoms with E-state index in [9.17, 15) is 4.79 Å². The van der Waals surface area contributed by atoms with Crippen LogP contribution in [-0.4, -0.2) is 28.0 Å². The molecule has 0 N–H and O–H groups in total. The fourth-order valence-electron chi connectivity index (χ4n) is 3.45. The summed E-state index contributed by atoms with van der Waals surface area (Å²) < 4.78 is 0. The minimum absolute atomic E-state index is 0.0898. The van der Waals surface area contributed by atoms with Gasteiger partial charge in [0, 0.05) is 50.0 Å². The van der Waals surface area contributed by atoms with E-state index < -0.39 is 0 Å². The highest BCUT2D eigenvalue weighted by Gasteiger charge is 2.49. The number of nitrogens with zero attached hydrogens (tertiary/aromatic N) is 4. The number of carbonyl (C=O) groups excluding carboxylic acids is 1. The molecule has 0 bridgehead atoms. The molecule has 1 atom stereocenters. The van der Waals surface area contributed by atoms with E-state index in [4.69, 9.17) is 6.42 Å². The second kappa shape index (κ2) is 5.77. The number of terminal acetylenes is 1. The fourth-order valence-corrected chi connectivity index (χ4v) is 3.45. The highest BCUT2D eigenvalue weighted by atomic mass is 16.2. The molecule has 23 heavy (non-hydrogen) atoms. The Morgan fingerprint density at radius 2 is 2.04 bits per heavy atom. The van der Waals surface area contributed by atoms with Crippen LogP contribution in [0.3, 0.4) is 0 Å². The minimum Gasteiger partial charge on any atom is -0.334 e. The molecule has 0 spiro atoms. The standard InChI is InChI=1S/C18H22N4O/c1-4-5-9-18(20-21-18)10-6-15(23)22-13-17(2,3)16(22)14-7-11-19-12-8-14/h1,7-8,11-12,16H,5-6,9-10,13H2,2-3H3. The van der Waals surface area contributed by atoms with Crippen LogP contribution in [0.4, 0.5) is 0 Å². The summed E-state index contributed by atoms with van der Waals surface area (Å²) in [6.45, 7) is 5.17. The van der Waals surface area contributed by atoms with Crippen molar-refractivity contribution in [1.82, 2.24) is 9.88 Å². The Morgan fingerprint density at radius 1 is 1.35 bits per heavy atom. The van der Waals surface area contributed by atoms with E-state index in [-0.39, 0.29) is 23.0 Å². The molecule has 0 aliphatic carbocycles. The summed E-state index contributed by atoms with van der Waals surface area (Å²) in [5.74, 6) is 2.78. The lowest BCUT2D eigenvalue weighted by Crippen LogP contribution is -2.57. The first kappa shape index (κ1) is 15.7. The summed E-state index contributed by atoms with van der Waals surface area (Å²) in [7, 11) is 0. The summed E-state index contributed by atoms with van der Waals surface area (Å²) >= 11 is 0. The SMILES string of the molecule is C#CCCC1(CCC(=O)N2CC(C)(C)C2c2ccncc2)N=N1. The molecule has 1 aromatic heterocycles. The number of amides is 1. The minimum atomic E-state index is -0.380. The van der Waals surface area contributed by atoms with Crippen molar-refractivity contribution in [3.05, 3.63) is 30.1 Å². The van der Waals surface area contributed by atoms with E-state index in [0.29, 0.717) is 19.3 Å². The van der Waals surface area contributed by atoms with E-state index in [1.807, 2.05) is 17.0 Å².